The molecule has 0 aliphatic heterocycles. The molecular weight excluding hydrogens is 248 g/mol. The van der Waals surface area contributed by atoms with Gasteiger partial charge in [0.25, 0.3) is 0 Å². The third-order valence-electron chi connectivity index (χ3n) is 2.49. The van der Waals surface area contributed by atoms with Crippen LogP contribution in [0.5, 0.6) is 0 Å². The van der Waals surface area contributed by atoms with Gasteiger partial charge in [-0.25, -0.2) is 4.98 Å². The summed E-state index contributed by atoms with van der Waals surface area (Å²) < 4.78 is 0. The smallest absolute Gasteiger partial charge is 0.0795 e. The van der Waals surface area contributed by atoms with Crippen molar-refractivity contribution in [2.24, 2.45) is 0 Å². The predicted octanol–water partition coefficient (Wildman–Crippen LogP) is 3.79. The van der Waals surface area contributed by atoms with Crippen molar-refractivity contribution in [3.05, 3.63) is 38.5 Å². The zero-order valence-electron chi connectivity index (χ0n) is 10.5. The Labute approximate surface area is 111 Å². The highest BCUT2D eigenvalue weighted by Crippen LogP contribution is 2.29. The number of nitrogens with zero attached hydrogens (tertiary/aromatic N) is 1. The minimum Gasteiger partial charge on any atom is -0.306 e. The Morgan fingerprint density at radius 3 is 2.65 bits per heavy atom. The molecule has 0 amide bonds. The van der Waals surface area contributed by atoms with Gasteiger partial charge in [-0.3, -0.25) is 0 Å². The van der Waals surface area contributed by atoms with Gasteiger partial charge in [0.1, 0.15) is 0 Å². The maximum absolute atomic E-state index is 4.25. The highest BCUT2D eigenvalue weighted by molar-refractivity contribution is 7.12. The maximum Gasteiger partial charge on any atom is 0.0795 e. The van der Waals surface area contributed by atoms with E-state index in [1.54, 1.807) is 11.3 Å². The molecular formula is C13H18N2S2. The van der Waals surface area contributed by atoms with Crippen molar-refractivity contribution < 1.29 is 0 Å². The van der Waals surface area contributed by atoms with Crippen LogP contribution >= 0.6 is 22.7 Å². The zero-order chi connectivity index (χ0) is 12.3. The Hall–Kier alpha value is -0.710. The molecule has 0 atom stereocenters. The van der Waals surface area contributed by atoms with E-state index < -0.39 is 0 Å². The van der Waals surface area contributed by atoms with Crippen LogP contribution in [0.2, 0.25) is 0 Å². The molecule has 0 unspecified atom stereocenters. The Morgan fingerprint density at radius 1 is 1.24 bits per heavy atom. The first-order valence-electron chi connectivity index (χ1n) is 5.73. The lowest BCUT2D eigenvalue weighted by Crippen LogP contribution is -2.12. The van der Waals surface area contributed by atoms with Gasteiger partial charge in [0.2, 0.25) is 0 Å². The quantitative estimate of drug-likeness (QED) is 0.910. The van der Waals surface area contributed by atoms with E-state index in [4.69, 9.17) is 0 Å². The van der Waals surface area contributed by atoms with Crippen molar-refractivity contribution in [2.75, 3.05) is 0 Å². The second-order valence-corrected chi connectivity index (χ2v) is 6.99. The molecule has 0 aliphatic rings. The van der Waals surface area contributed by atoms with E-state index in [1.807, 2.05) is 16.8 Å². The zero-order valence-corrected chi connectivity index (χ0v) is 12.1. The van der Waals surface area contributed by atoms with E-state index in [1.165, 1.54) is 9.75 Å². The monoisotopic (exact) mass is 266 g/mol. The summed E-state index contributed by atoms with van der Waals surface area (Å²) in [6.45, 7) is 8.55. The van der Waals surface area contributed by atoms with Gasteiger partial charge >= 0.3 is 0 Å². The molecule has 4 heteroatoms. The highest BCUT2D eigenvalue weighted by Gasteiger charge is 2.15. The van der Waals surface area contributed by atoms with Gasteiger partial charge in [0, 0.05) is 28.2 Å². The molecule has 2 heterocycles. The van der Waals surface area contributed by atoms with Gasteiger partial charge in [-0.1, -0.05) is 20.8 Å². The maximum atomic E-state index is 4.25. The van der Waals surface area contributed by atoms with E-state index >= 15 is 0 Å². The highest BCUT2D eigenvalue weighted by atomic mass is 32.1. The summed E-state index contributed by atoms with van der Waals surface area (Å²) >= 11 is 3.54. The topological polar surface area (TPSA) is 24.9 Å². The largest absolute Gasteiger partial charge is 0.306 e. The molecule has 0 spiro atoms. The normalized spacial score (nSPS) is 11.9. The lowest BCUT2D eigenvalue weighted by Gasteiger charge is -2.15. The number of aromatic nitrogens is 1. The van der Waals surface area contributed by atoms with E-state index in [0.29, 0.717) is 0 Å². The molecule has 2 aromatic rings. The minimum atomic E-state index is 0.262. The first kappa shape index (κ1) is 12.7. The second-order valence-electron chi connectivity index (χ2n) is 5.10. The van der Waals surface area contributed by atoms with Crippen LogP contribution in [0.3, 0.4) is 0 Å². The summed E-state index contributed by atoms with van der Waals surface area (Å²) in [5.41, 5.74) is 3.26. The van der Waals surface area contributed by atoms with Crippen LogP contribution in [0.4, 0.5) is 0 Å². The van der Waals surface area contributed by atoms with Gasteiger partial charge in [-0.15, -0.1) is 22.7 Å². The first-order valence-corrected chi connectivity index (χ1v) is 7.48. The van der Waals surface area contributed by atoms with Crippen molar-refractivity contribution in [3.8, 4) is 0 Å². The van der Waals surface area contributed by atoms with Gasteiger partial charge in [0.05, 0.1) is 11.2 Å². The molecule has 0 saturated carbocycles. The van der Waals surface area contributed by atoms with E-state index in [-0.39, 0.29) is 5.41 Å². The van der Waals surface area contributed by atoms with E-state index in [9.17, 15) is 0 Å². The fourth-order valence-corrected chi connectivity index (χ4v) is 3.11. The number of nitrogens with one attached hydrogen (secondary N) is 1. The molecule has 92 valence electrons. The fraction of sp³-hybridized carbons (Fsp3) is 0.462. The van der Waals surface area contributed by atoms with Crippen LogP contribution in [0.15, 0.2) is 23.0 Å². The molecule has 1 N–H and O–H groups in total. The van der Waals surface area contributed by atoms with Crippen molar-refractivity contribution in [1.29, 1.82) is 0 Å². The molecule has 0 bridgehead atoms. The van der Waals surface area contributed by atoms with Crippen LogP contribution < -0.4 is 5.32 Å². The van der Waals surface area contributed by atoms with Crippen molar-refractivity contribution in [3.63, 3.8) is 0 Å². The number of thiophene rings is 1. The predicted molar refractivity (Wildman–Crippen MR) is 75.7 cm³/mol. The summed E-state index contributed by atoms with van der Waals surface area (Å²) in [7, 11) is 0. The molecule has 0 saturated heterocycles. The Balaban J connectivity index is 1.85. The average molecular weight is 266 g/mol. The van der Waals surface area contributed by atoms with Crippen LogP contribution in [0.25, 0.3) is 0 Å². The molecule has 0 aliphatic carbocycles. The van der Waals surface area contributed by atoms with E-state index in [2.05, 4.69) is 48.6 Å². The lowest BCUT2D eigenvalue weighted by molar-refractivity contribution is 0.604. The van der Waals surface area contributed by atoms with Crippen molar-refractivity contribution in [2.45, 2.75) is 39.3 Å². The molecule has 17 heavy (non-hydrogen) atoms. The SMILES string of the molecule is CC(C)(C)c1ccc(CNCc2cscn2)s1. The average Bonchev–Trinajstić information content (AvgIpc) is 2.86. The molecule has 0 radical (unpaired) electrons. The summed E-state index contributed by atoms with van der Waals surface area (Å²) in [6, 6.07) is 4.46. The van der Waals surface area contributed by atoms with Gasteiger partial charge < -0.3 is 5.32 Å². The van der Waals surface area contributed by atoms with Crippen LogP contribution in [-0.4, -0.2) is 4.98 Å². The van der Waals surface area contributed by atoms with Crippen molar-refractivity contribution >= 4 is 22.7 Å². The van der Waals surface area contributed by atoms with Crippen molar-refractivity contribution in [1.82, 2.24) is 10.3 Å². The van der Waals surface area contributed by atoms with Crippen LogP contribution in [0.1, 0.15) is 36.2 Å². The standard InChI is InChI=1S/C13H18N2S2/c1-13(2,3)12-5-4-11(17-12)7-14-6-10-8-16-9-15-10/h4-5,8-9,14H,6-7H2,1-3H3. The fourth-order valence-electron chi connectivity index (χ4n) is 1.51. The van der Waals surface area contributed by atoms with Crippen LogP contribution in [0, 0.1) is 0 Å². The molecule has 0 fully saturated rings. The van der Waals surface area contributed by atoms with Gasteiger partial charge in [0.15, 0.2) is 0 Å². The summed E-state index contributed by atoms with van der Waals surface area (Å²) in [4.78, 5) is 7.09. The first-order chi connectivity index (χ1) is 8.05. The third-order valence-corrected chi connectivity index (χ3v) is 4.64. The third kappa shape index (κ3) is 3.63. The lowest BCUT2D eigenvalue weighted by atomic mass is 9.95. The second kappa shape index (κ2) is 5.29. The minimum absolute atomic E-state index is 0.262. The molecule has 2 aromatic heterocycles. The molecule has 0 aromatic carbocycles. The Kier molecular flexibility index (Phi) is 3.97. The summed E-state index contributed by atoms with van der Waals surface area (Å²) in [6.07, 6.45) is 0. The Bertz CT molecular complexity index is 452. The number of hydrogen-bond acceptors (Lipinski definition) is 4. The van der Waals surface area contributed by atoms with Crippen LogP contribution in [-0.2, 0) is 18.5 Å². The summed E-state index contributed by atoms with van der Waals surface area (Å²) in [5, 5.41) is 5.51. The molecule has 2 nitrogen and oxygen atoms in total. The number of hydrogen-bond donors (Lipinski definition) is 1. The summed E-state index contributed by atoms with van der Waals surface area (Å²) in [5.74, 6) is 0. The van der Waals surface area contributed by atoms with Gasteiger partial charge in [-0.2, -0.15) is 0 Å². The van der Waals surface area contributed by atoms with E-state index in [0.717, 1.165) is 18.8 Å². The molecule has 2 rings (SSSR count). The number of thiazole rings is 1. The van der Waals surface area contributed by atoms with Gasteiger partial charge in [-0.05, 0) is 17.5 Å². The number of rotatable bonds is 4. The Morgan fingerprint density at radius 2 is 2.06 bits per heavy atom.